The van der Waals surface area contributed by atoms with Gasteiger partial charge in [-0.05, 0) is 17.7 Å². The Balaban J connectivity index is 1.29. The second kappa shape index (κ2) is 6.89. The fourth-order valence-corrected chi connectivity index (χ4v) is 3.32. The first-order valence-corrected chi connectivity index (χ1v) is 8.46. The molecule has 4 rings (SSSR count). The van der Waals surface area contributed by atoms with Crippen molar-refractivity contribution in [1.29, 1.82) is 0 Å². The number of nitrogens with zero attached hydrogens (tertiary/aromatic N) is 2. The molecule has 2 saturated heterocycles. The molecule has 25 heavy (non-hydrogen) atoms. The van der Waals surface area contributed by atoms with Crippen molar-refractivity contribution < 1.29 is 23.8 Å². The third kappa shape index (κ3) is 3.54. The molecule has 0 aromatic heterocycles. The number of rotatable bonds is 3. The minimum Gasteiger partial charge on any atom is -0.454 e. The van der Waals surface area contributed by atoms with Gasteiger partial charge in [0.15, 0.2) is 11.5 Å². The molecule has 0 saturated carbocycles. The molecular formula is C17H21N3O5. The Morgan fingerprint density at radius 2 is 1.96 bits per heavy atom. The van der Waals surface area contributed by atoms with Crippen molar-refractivity contribution in [2.24, 2.45) is 0 Å². The highest BCUT2D eigenvalue weighted by Crippen LogP contribution is 2.32. The Morgan fingerprint density at radius 3 is 2.76 bits per heavy atom. The maximum Gasteiger partial charge on any atom is 0.247 e. The van der Waals surface area contributed by atoms with Crippen molar-refractivity contribution >= 4 is 11.8 Å². The van der Waals surface area contributed by atoms with E-state index in [1.54, 1.807) is 4.90 Å². The lowest BCUT2D eigenvalue weighted by Crippen LogP contribution is -2.58. The number of amides is 2. The fourth-order valence-electron chi connectivity index (χ4n) is 3.32. The first kappa shape index (κ1) is 16.2. The number of carbonyl (C=O) groups excluding carboxylic acids is 2. The largest absolute Gasteiger partial charge is 0.454 e. The van der Waals surface area contributed by atoms with Crippen LogP contribution >= 0.6 is 0 Å². The van der Waals surface area contributed by atoms with Crippen LogP contribution in [0.3, 0.4) is 0 Å². The molecule has 8 nitrogen and oxygen atoms in total. The quantitative estimate of drug-likeness (QED) is 0.800. The molecule has 1 N–H and O–H groups in total. The van der Waals surface area contributed by atoms with E-state index in [9.17, 15) is 9.59 Å². The van der Waals surface area contributed by atoms with Gasteiger partial charge >= 0.3 is 0 Å². The number of morpholine rings is 1. The summed E-state index contributed by atoms with van der Waals surface area (Å²) in [6, 6.07) is 5.43. The molecule has 3 aliphatic rings. The number of carbonyl (C=O) groups is 2. The number of benzene rings is 1. The van der Waals surface area contributed by atoms with Gasteiger partial charge in [-0.25, -0.2) is 0 Å². The maximum absolute atomic E-state index is 12.5. The predicted molar refractivity (Wildman–Crippen MR) is 87.2 cm³/mol. The van der Waals surface area contributed by atoms with Crippen LogP contribution in [-0.2, 0) is 20.9 Å². The maximum atomic E-state index is 12.5. The Labute approximate surface area is 145 Å². The first-order chi connectivity index (χ1) is 12.2. The lowest BCUT2D eigenvalue weighted by Gasteiger charge is -2.37. The SMILES string of the molecule is O=C1COCC(C(=O)N2CCN(Cc3ccc4c(c3)OCO4)CC2)N1. The van der Waals surface area contributed by atoms with Gasteiger partial charge in [-0.15, -0.1) is 0 Å². The van der Waals surface area contributed by atoms with Crippen LogP contribution in [0.2, 0.25) is 0 Å². The van der Waals surface area contributed by atoms with Gasteiger partial charge in [0.25, 0.3) is 0 Å². The second-order valence-electron chi connectivity index (χ2n) is 6.42. The normalized spacial score (nSPS) is 23.4. The smallest absolute Gasteiger partial charge is 0.247 e. The molecule has 0 bridgehead atoms. The zero-order valence-electron chi connectivity index (χ0n) is 13.9. The van der Waals surface area contributed by atoms with E-state index in [0.717, 1.165) is 36.7 Å². The summed E-state index contributed by atoms with van der Waals surface area (Å²) >= 11 is 0. The molecule has 134 valence electrons. The van der Waals surface area contributed by atoms with Crippen LogP contribution in [0.1, 0.15) is 5.56 Å². The molecule has 0 aliphatic carbocycles. The van der Waals surface area contributed by atoms with Crippen LogP contribution < -0.4 is 14.8 Å². The van der Waals surface area contributed by atoms with Gasteiger partial charge in [0, 0.05) is 32.7 Å². The van der Waals surface area contributed by atoms with E-state index < -0.39 is 6.04 Å². The lowest BCUT2D eigenvalue weighted by atomic mass is 10.1. The van der Waals surface area contributed by atoms with Gasteiger partial charge < -0.3 is 24.4 Å². The number of piperazine rings is 1. The van der Waals surface area contributed by atoms with Crippen molar-refractivity contribution in [3.63, 3.8) is 0 Å². The Hall–Kier alpha value is -2.32. The van der Waals surface area contributed by atoms with Crippen LogP contribution in [0, 0.1) is 0 Å². The van der Waals surface area contributed by atoms with E-state index in [2.05, 4.69) is 10.2 Å². The molecule has 3 aliphatic heterocycles. The second-order valence-corrected chi connectivity index (χ2v) is 6.42. The van der Waals surface area contributed by atoms with Crippen molar-refractivity contribution in [3.05, 3.63) is 23.8 Å². The molecule has 3 heterocycles. The lowest BCUT2D eigenvalue weighted by molar-refractivity contribution is -0.145. The summed E-state index contributed by atoms with van der Waals surface area (Å²) in [5.74, 6) is 1.29. The molecule has 8 heteroatoms. The highest BCUT2D eigenvalue weighted by atomic mass is 16.7. The monoisotopic (exact) mass is 347 g/mol. The molecular weight excluding hydrogens is 326 g/mol. The van der Waals surface area contributed by atoms with Crippen molar-refractivity contribution in [3.8, 4) is 11.5 Å². The fraction of sp³-hybridized carbons (Fsp3) is 0.529. The van der Waals surface area contributed by atoms with Crippen molar-refractivity contribution in [2.45, 2.75) is 12.6 Å². The molecule has 0 spiro atoms. The summed E-state index contributed by atoms with van der Waals surface area (Å²) in [4.78, 5) is 27.9. The highest BCUT2D eigenvalue weighted by Gasteiger charge is 2.31. The Kier molecular flexibility index (Phi) is 4.46. The summed E-state index contributed by atoms with van der Waals surface area (Å²) in [6.45, 7) is 4.26. The predicted octanol–water partition coefficient (Wildman–Crippen LogP) is -0.425. The summed E-state index contributed by atoms with van der Waals surface area (Å²) in [5.41, 5.74) is 1.16. The van der Waals surface area contributed by atoms with Crippen LogP contribution in [-0.4, -0.2) is 73.8 Å². The summed E-state index contributed by atoms with van der Waals surface area (Å²) in [6.07, 6.45) is 0. The van der Waals surface area contributed by atoms with Gasteiger partial charge in [-0.3, -0.25) is 14.5 Å². The zero-order valence-corrected chi connectivity index (χ0v) is 13.9. The summed E-state index contributed by atoms with van der Waals surface area (Å²) < 4.78 is 15.9. The van der Waals surface area contributed by atoms with Gasteiger partial charge in [0.2, 0.25) is 18.6 Å². The number of hydrogen-bond donors (Lipinski definition) is 1. The van der Waals surface area contributed by atoms with Crippen LogP contribution in [0.25, 0.3) is 0 Å². The topological polar surface area (TPSA) is 80.3 Å². The van der Waals surface area contributed by atoms with E-state index in [1.807, 2.05) is 18.2 Å². The molecule has 1 unspecified atom stereocenters. The van der Waals surface area contributed by atoms with Gasteiger partial charge in [-0.1, -0.05) is 6.07 Å². The summed E-state index contributed by atoms with van der Waals surface area (Å²) in [7, 11) is 0. The summed E-state index contributed by atoms with van der Waals surface area (Å²) in [5, 5.41) is 2.69. The van der Waals surface area contributed by atoms with E-state index in [-0.39, 0.29) is 31.8 Å². The minimum absolute atomic E-state index is 0.0348. The van der Waals surface area contributed by atoms with Crippen molar-refractivity contribution in [1.82, 2.24) is 15.1 Å². The van der Waals surface area contributed by atoms with Crippen molar-refractivity contribution in [2.75, 3.05) is 46.2 Å². The van der Waals surface area contributed by atoms with Gasteiger partial charge in [0.05, 0.1) is 6.61 Å². The highest BCUT2D eigenvalue weighted by molar-refractivity contribution is 5.89. The standard InChI is InChI=1S/C17H21N3O5/c21-16-10-23-9-13(18-16)17(22)20-5-3-19(4-6-20)8-12-1-2-14-15(7-12)25-11-24-14/h1-2,7,13H,3-6,8-11H2,(H,18,21). The van der Waals surface area contributed by atoms with E-state index >= 15 is 0 Å². The molecule has 1 aromatic carbocycles. The van der Waals surface area contributed by atoms with E-state index in [1.165, 1.54) is 0 Å². The van der Waals surface area contributed by atoms with Crippen LogP contribution in [0.4, 0.5) is 0 Å². The number of nitrogens with one attached hydrogen (secondary N) is 1. The molecule has 1 atom stereocenters. The molecule has 2 fully saturated rings. The van der Waals surface area contributed by atoms with Crippen LogP contribution in [0.5, 0.6) is 11.5 Å². The van der Waals surface area contributed by atoms with Gasteiger partial charge in [0.1, 0.15) is 12.6 Å². The number of fused-ring (bicyclic) bond motifs is 1. The Bertz CT molecular complexity index is 672. The van der Waals surface area contributed by atoms with E-state index in [4.69, 9.17) is 14.2 Å². The average Bonchev–Trinajstić information content (AvgIpc) is 3.09. The number of hydrogen-bond acceptors (Lipinski definition) is 6. The first-order valence-electron chi connectivity index (χ1n) is 8.46. The average molecular weight is 347 g/mol. The van der Waals surface area contributed by atoms with E-state index in [0.29, 0.717) is 13.1 Å². The minimum atomic E-state index is -0.554. The third-order valence-electron chi connectivity index (χ3n) is 4.68. The zero-order chi connectivity index (χ0) is 17.2. The van der Waals surface area contributed by atoms with Gasteiger partial charge in [-0.2, -0.15) is 0 Å². The Morgan fingerprint density at radius 1 is 1.16 bits per heavy atom. The molecule has 0 radical (unpaired) electrons. The number of ether oxygens (including phenoxy) is 3. The van der Waals surface area contributed by atoms with Crippen LogP contribution in [0.15, 0.2) is 18.2 Å². The molecule has 2 amide bonds. The third-order valence-corrected chi connectivity index (χ3v) is 4.68. The molecule has 1 aromatic rings.